The first kappa shape index (κ1) is 16.4. The van der Waals surface area contributed by atoms with Crippen LogP contribution in [0.3, 0.4) is 0 Å². The molecule has 0 spiro atoms. The Morgan fingerprint density at radius 1 is 1.32 bits per heavy atom. The fourth-order valence-electron chi connectivity index (χ4n) is 2.56. The number of hydrogen-bond donors (Lipinski definition) is 1. The van der Waals surface area contributed by atoms with Crippen LogP contribution in [0.15, 0.2) is 42.5 Å². The van der Waals surface area contributed by atoms with Gasteiger partial charge < -0.3 is 10.1 Å². The fraction of sp³-hybridized carbons (Fsp3) is 0.176. The van der Waals surface area contributed by atoms with Crippen LogP contribution in [0.4, 0.5) is 17.1 Å². The van der Waals surface area contributed by atoms with Crippen LogP contribution >= 0.6 is 0 Å². The summed E-state index contributed by atoms with van der Waals surface area (Å²) in [5.41, 5.74) is 1.66. The number of anilines is 2. The average molecular weight is 341 g/mol. The van der Waals surface area contributed by atoms with Gasteiger partial charge >= 0.3 is 5.69 Å². The molecule has 2 aromatic rings. The van der Waals surface area contributed by atoms with E-state index in [9.17, 15) is 19.7 Å². The molecular weight excluding hydrogens is 326 g/mol. The molecule has 0 unspecified atom stereocenters. The zero-order valence-corrected chi connectivity index (χ0v) is 13.4. The highest BCUT2D eigenvalue weighted by molar-refractivity contribution is 6.10. The molecule has 0 aromatic heterocycles. The van der Waals surface area contributed by atoms with Crippen molar-refractivity contribution in [3.63, 3.8) is 0 Å². The first-order valence-electron chi connectivity index (χ1n) is 7.53. The van der Waals surface area contributed by atoms with Gasteiger partial charge in [0.25, 0.3) is 5.91 Å². The Balaban J connectivity index is 1.79. The van der Waals surface area contributed by atoms with E-state index in [1.165, 1.54) is 17.0 Å². The van der Waals surface area contributed by atoms with E-state index in [0.29, 0.717) is 11.4 Å². The van der Waals surface area contributed by atoms with Crippen molar-refractivity contribution in [3.8, 4) is 5.75 Å². The Labute approximate surface area is 143 Å². The highest BCUT2D eigenvalue weighted by Gasteiger charge is 2.27. The molecule has 1 aliphatic heterocycles. The number of rotatable bonds is 4. The molecule has 0 radical (unpaired) electrons. The van der Waals surface area contributed by atoms with Crippen LogP contribution in [0.25, 0.3) is 0 Å². The van der Waals surface area contributed by atoms with Gasteiger partial charge in [-0.2, -0.15) is 0 Å². The maximum absolute atomic E-state index is 12.5. The van der Waals surface area contributed by atoms with Crippen molar-refractivity contribution < 1.29 is 19.2 Å². The van der Waals surface area contributed by atoms with Crippen molar-refractivity contribution in [2.45, 2.75) is 6.92 Å². The van der Waals surface area contributed by atoms with Crippen LogP contribution in [0, 0.1) is 17.0 Å². The Morgan fingerprint density at radius 2 is 2.08 bits per heavy atom. The fourth-order valence-corrected chi connectivity index (χ4v) is 2.56. The van der Waals surface area contributed by atoms with Gasteiger partial charge in [-0.3, -0.25) is 24.6 Å². The highest BCUT2D eigenvalue weighted by atomic mass is 16.6. The number of nitrogens with zero attached hydrogens (tertiary/aromatic N) is 2. The number of benzene rings is 2. The molecule has 2 amide bonds. The van der Waals surface area contributed by atoms with Gasteiger partial charge in [0.05, 0.1) is 16.3 Å². The molecule has 3 rings (SSSR count). The van der Waals surface area contributed by atoms with Gasteiger partial charge in [0.2, 0.25) is 5.91 Å². The Bertz CT molecular complexity index is 865. The molecule has 25 heavy (non-hydrogen) atoms. The summed E-state index contributed by atoms with van der Waals surface area (Å²) < 4.78 is 5.38. The maximum atomic E-state index is 12.5. The summed E-state index contributed by atoms with van der Waals surface area (Å²) in [6.07, 6.45) is 0. The van der Waals surface area contributed by atoms with Crippen LogP contribution < -0.4 is 15.0 Å². The summed E-state index contributed by atoms with van der Waals surface area (Å²) in [7, 11) is 0. The molecule has 128 valence electrons. The molecule has 8 heteroatoms. The number of para-hydroxylation sites is 2. The van der Waals surface area contributed by atoms with Crippen molar-refractivity contribution in [1.29, 1.82) is 0 Å². The van der Waals surface area contributed by atoms with E-state index >= 15 is 0 Å². The normalized spacial score (nSPS) is 13.0. The minimum absolute atomic E-state index is 0.0214. The molecule has 1 N–H and O–H groups in total. The van der Waals surface area contributed by atoms with E-state index in [2.05, 4.69) is 5.32 Å². The Morgan fingerprint density at radius 3 is 2.84 bits per heavy atom. The van der Waals surface area contributed by atoms with E-state index in [0.717, 1.165) is 5.56 Å². The second kappa shape index (κ2) is 6.60. The number of carbonyl (C=O) groups excluding carboxylic acids is 2. The average Bonchev–Trinajstić information content (AvgIpc) is 2.58. The summed E-state index contributed by atoms with van der Waals surface area (Å²) in [5.74, 6) is -0.750. The number of hydrogen-bond acceptors (Lipinski definition) is 5. The molecule has 2 aromatic carbocycles. The summed E-state index contributed by atoms with van der Waals surface area (Å²) in [6.45, 7) is 1.23. The third-order valence-corrected chi connectivity index (χ3v) is 3.73. The molecule has 8 nitrogen and oxygen atoms in total. The Hall–Kier alpha value is -3.42. The monoisotopic (exact) mass is 341 g/mol. The number of nitro groups is 1. The van der Waals surface area contributed by atoms with Gasteiger partial charge in [-0.05, 0) is 30.7 Å². The lowest BCUT2D eigenvalue weighted by Crippen LogP contribution is -2.44. The largest absolute Gasteiger partial charge is 0.477 e. The summed E-state index contributed by atoms with van der Waals surface area (Å²) in [6, 6.07) is 11.3. The van der Waals surface area contributed by atoms with Gasteiger partial charge in [-0.15, -0.1) is 0 Å². The van der Waals surface area contributed by atoms with Crippen molar-refractivity contribution in [2.24, 2.45) is 0 Å². The lowest BCUT2D eigenvalue weighted by molar-refractivity contribution is -0.385. The molecule has 0 fully saturated rings. The van der Waals surface area contributed by atoms with Crippen molar-refractivity contribution in [3.05, 3.63) is 58.1 Å². The van der Waals surface area contributed by atoms with E-state index in [4.69, 9.17) is 4.74 Å². The van der Waals surface area contributed by atoms with Crippen LogP contribution in [0.2, 0.25) is 0 Å². The number of nitro benzene ring substituents is 1. The summed E-state index contributed by atoms with van der Waals surface area (Å²) >= 11 is 0. The molecule has 1 aliphatic rings. The van der Waals surface area contributed by atoms with Gasteiger partial charge in [0.15, 0.2) is 12.4 Å². The number of nitrogens with one attached hydrogen (secondary N) is 1. The van der Waals surface area contributed by atoms with E-state index in [1.54, 1.807) is 37.3 Å². The number of ether oxygens (including phenoxy) is 1. The minimum atomic E-state index is -0.567. The smallest absolute Gasteiger partial charge is 0.310 e. The van der Waals surface area contributed by atoms with Crippen LogP contribution in [0.1, 0.15) is 5.56 Å². The quantitative estimate of drug-likeness (QED) is 0.679. The third kappa shape index (κ3) is 3.42. The van der Waals surface area contributed by atoms with E-state index in [-0.39, 0.29) is 23.9 Å². The molecule has 0 bridgehead atoms. The lowest BCUT2D eigenvalue weighted by atomic mass is 10.2. The number of carbonyl (C=O) groups is 2. The molecule has 1 heterocycles. The molecule has 0 atom stereocenters. The van der Waals surface area contributed by atoms with Gasteiger partial charge in [-0.25, -0.2) is 0 Å². The summed E-state index contributed by atoms with van der Waals surface area (Å²) in [5, 5.41) is 13.8. The van der Waals surface area contributed by atoms with Crippen molar-refractivity contribution in [1.82, 2.24) is 0 Å². The SMILES string of the molecule is Cc1ccc([N+](=O)[O-])c(OCC(=O)N2CC(=O)Nc3ccccc32)c1. The van der Waals surface area contributed by atoms with E-state index < -0.39 is 17.4 Å². The topological polar surface area (TPSA) is 102 Å². The Kier molecular flexibility index (Phi) is 4.34. The van der Waals surface area contributed by atoms with E-state index in [1.807, 2.05) is 0 Å². The predicted octanol–water partition coefficient (Wildman–Crippen LogP) is 2.27. The van der Waals surface area contributed by atoms with Crippen LogP contribution in [-0.2, 0) is 9.59 Å². The second-order valence-electron chi connectivity index (χ2n) is 5.56. The van der Waals surface area contributed by atoms with Crippen molar-refractivity contribution >= 4 is 28.9 Å². The first-order valence-corrected chi connectivity index (χ1v) is 7.53. The zero-order valence-electron chi connectivity index (χ0n) is 13.4. The number of fused-ring (bicyclic) bond motifs is 1. The van der Waals surface area contributed by atoms with Crippen LogP contribution in [-0.4, -0.2) is 29.9 Å². The van der Waals surface area contributed by atoms with Crippen molar-refractivity contribution in [2.75, 3.05) is 23.4 Å². The molecule has 0 aliphatic carbocycles. The number of aryl methyl sites for hydroxylation is 1. The first-order chi connectivity index (χ1) is 12.0. The molecular formula is C17H15N3O5. The molecule has 0 saturated heterocycles. The summed E-state index contributed by atoms with van der Waals surface area (Å²) in [4.78, 5) is 36.1. The molecule has 0 saturated carbocycles. The van der Waals surface area contributed by atoms with Gasteiger partial charge in [0.1, 0.15) is 6.54 Å². The maximum Gasteiger partial charge on any atom is 0.310 e. The standard InChI is InChI=1S/C17H15N3O5/c1-11-6-7-14(20(23)24)15(8-11)25-10-17(22)19-9-16(21)18-12-4-2-3-5-13(12)19/h2-8H,9-10H2,1H3,(H,18,21). The third-order valence-electron chi connectivity index (χ3n) is 3.73. The van der Waals surface area contributed by atoms with Gasteiger partial charge in [0, 0.05) is 6.07 Å². The zero-order chi connectivity index (χ0) is 18.0. The highest BCUT2D eigenvalue weighted by Crippen LogP contribution is 2.30. The van der Waals surface area contributed by atoms with Gasteiger partial charge in [-0.1, -0.05) is 18.2 Å². The minimum Gasteiger partial charge on any atom is -0.477 e. The number of amides is 2. The predicted molar refractivity (Wildman–Crippen MR) is 90.8 cm³/mol. The van der Waals surface area contributed by atoms with Crippen LogP contribution in [0.5, 0.6) is 5.75 Å². The second-order valence-corrected chi connectivity index (χ2v) is 5.56. The lowest BCUT2D eigenvalue weighted by Gasteiger charge is -2.29.